The Balaban J connectivity index is 1.37. The van der Waals surface area contributed by atoms with E-state index >= 15 is 0 Å². The number of anilines is 4. The maximum absolute atomic E-state index is 14.5. The zero-order chi connectivity index (χ0) is 29.6. The van der Waals surface area contributed by atoms with E-state index in [-0.39, 0.29) is 5.76 Å². The molecule has 1 heterocycles. The van der Waals surface area contributed by atoms with Crippen molar-refractivity contribution in [1.82, 2.24) is 0 Å². The highest BCUT2D eigenvalue weighted by atomic mass is 19.4. The van der Waals surface area contributed by atoms with Gasteiger partial charge in [0.05, 0.1) is 29.0 Å². The number of rotatable bonds is 8. The number of hydrogen-bond acceptors (Lipinski definition) is 5. The third kappa shape index (κ3) is 6.33. The van der Waals surface area contributed by atoms with Gasteiger partial charge in [0, 0.05) is 5.39 Å². The van der Waals surface area contributed by atoms with E-state index in [9.17, 15) is 13.2 Å². The first-order valence-electron chi connectivity index (χ1n) is 13.5. The molecule has 6 rings (SSSR count). The Bertz CT molecular complexity index is 1770. The van der Waals surface area contributed by atoms with E-state index in [0.29, 0.717) is 27.9 Å². The van der Waals surface area contributed by atoms with Crippen molar-refractivity contribution >= 4 is 45.6 Å². The van der Waals surface area contributed by atoms with Crippen molar-refractivity contribution in [3.05, 3.63) is 157 Å². The first kappa shape index (κ1) is 27.5. The highest BCUT2D eigenvalue weighted by Crippen LogP contribution is 2.32. The molecule has 0 aliphatic rings. The van der Waals surface area contributed by atoms with Gasteiger partial charge in [0.25, 0.3) is 0 Å². The summed E-state index contributed by atoms with van der Waals surface area (Å²) in [7, 11) is 0. The SMILES string of the molecule is FC(F)(F)C(=NN(c1ccccc1)c1ccccc1)c1cc2cc(C=NN(c3ccccc3)c3ccccc3)ccc2o1. The molecule has 5 nitrogen and oxygen atoms in total. The maximum atomic E-state index is 14.5. The molecule has 0 saturated heterocycles. The summed E-state index contributed by atoms with van der Waals surface area (Å²) in [6.45, 7) is 0. The molecule has 1 aromatic heterocycles. The minimum absolute atomic E-state index is 0.304. The van der Waals surface area contributed by atoms with E-state index in [4.69, 9.17) is 9.52 Å². The van der Waals surface area contributed by atoms with Crippen LogP contribution in [0.3, 0.4) is 0 Å². The fourth-order valence-electron chi connectivity index (χ4n) is 4.55. The van der Waals surface area contributed by atoms with Crippen molar-refractivity contribution < 1.29 is 17.6 Å². The lowest BCUT2D eigenvalue weighted by molar-refractivity contribution is -0.0590. The molecule has 0 fully saturated rings. The summed E-state index contributed by atoms with van der Waals surface area (Å²) in [5, 5.41) is 12.3. The fraction of sp³-hybridized carbons (Fsp3) is 0.0286. The van der Waals surface area contributed by atoms with Gasteiger partial charge in [-0.1, -0.05) is 72.8 Å². The molecule has 0 unspecified atom stereocenters. The molecule has 0 bridgehead atoms. The first-order chi connectivity index (χ1) is 21.0. The fourth-order valence-corrected chi connectivity index (χ4v) is 4.55. The number of nitrogens with zero attached hydrogens (tertiary/aromatic N) is 4. The average molecular weight is 575 g/mol. The largest absolute Gasteiger partial charge is 0.454 e. The van der Waals surface area contributed by atoms with Gasteiger partial charge in [0.2, 0.25) is 5.71 Å². The van der Waals surface area contributed by atoms with Crippen molar-refractivity contribution in [3.63, 3.8) is 0 Å². The molecule has 212 valence electrons. The van der Waals surface area contributed by atoms with Gasteiger partial charge in [-0.3, -0.25) is 0 Å². The van der Waals surface area contributed by atoms with Crippen LogP contribution in [0.25, 0.3) is 11.0 Å². The molecule has 0 spiro atoms. The lowest BCUT2D eigenvalue weighted by Gasteiger charge is -2.21. The standard InChI is InChI=1S/C35H25F3N4O/c36-35(37,38)34(40-42(30-17-9-3-10-18-30)31-19-11-4-12-20-31)33-24-27-23-26(21-22-32(27)43-33)25-39-41(28-13-5-1-6-14-28)29-15-7-2-8-16-29/h1-25H. The van der Waals surface area contributed by atoms with Gasteiger partial charge >= 0.3 is 6.18 Å². The van der Waals surface area contributed by atoms with Crippen LogP contribution in [0, 0.1) is 0 Å². The van der Waals surface area contributed by atoms with Gasteiger partial charge in [-0.05, 0) is 78.4 Å². The van der Waals surface area contributed by atoms with E-state index in [0.717, 1.165) is 11.4 Å². The molecular weight excluding hydrogens is 549 g/mol. The second-order valence-corrected chi connectivity index (χ2v) is 9.56. The van der Waals surface area contributed by atoms with Crippen LogP contribution >= 0.6 is 0 Å². The zero-order valence-corrected chi connectivity index (χ0v) is 22.8. The molecule has 6 aromatic rings. The zero-order valence-electron chi connectivity index (χ0n) is 22.8. The van der Waals surface area contributed by atoms with Crippen LogP contribution in [0.2, 0.25) is 0 Å². The van der Waals surface area contributed by atoms with Crippen LogP contribution in [0.15, 0.2) is 160 Å². The van der Waals surface area contributed by atoms with Gasteiger partial charge in [0.1, 0.15) is 5.58 Å². The Kier molecular flexibility index (Phi) is 7.74. The molecule has 8 heteroatoms. The van der Waals surface area contributed by atoms with Crippen LogP contribution in [0.4, 0.5) is 35.9 Å². The number of para-hydroxylation sites is 4. The maximum Gasteiger partial charge on any atom is 0.438 e. The van der Waals surface area contributed by atoms with Crippen LogP contribution in [0.5, 0.6) is 0 Å². The number of halogens is 3. The smallest absolute Gasteiger partial charge is 0.438 e. The molecule has 5 aromatic carbocycles. The van der Waals surface area contributed by atoms with Gasteiger partial charge in [0.15, 0.2) is 5.76 Å². The van der Waals surface area contributed by atoms with Crippen LogP contribution in [-0.2, 0) is 0 Å². The van der Waals surface area contributed by atoms with Crippen molar-refractivity contribution in [2.24, 2.45) is 10.2 Å². The third-order valence-corrected chi connectivity index (χ3v) is 6.57. The normalized spacial score (nSPS) is 12.1. The lowest BCUT2D eigenvalue weighted by atomic mass is 10.1. The molecule has 0 N–H and O–H groups in total. The topological polar surface area (TPSA) is 44.3 Å². The molecule has 0 saturated carbocycles. The number of furan rings is 1. The second kappa shape index (κ2) is 12.1. The number of fused-ring (bicyclic) bond motifs is 1. The summed E-state index contributed by atoms with van der Waals surface area (Å²) >= 11 is 0. The van der Waals surface area contributed by atoms with Crippen molar-refractivity contribution in [3.8, 4) is 0 Å². The van der Waals surface area contributed by atoms with Crippen LogP contribution in [-0.4, -0.2) is 18.1 Å². The van der Waals surface area contributed by atoms with Crippen molar-refractivity contribution in [2.45, 2.75) is 6.18 Å². The van der Waals surface area contributed by atoms with Crippen LogP contribution in [0.1, 0.15) is 11.3 Å². The summed E-state index contributed by atoms with van der Waals surface area (Å²) in [4.78, 5) is 0. The summed E-state index contributed by atoms with van der Waals surface area (Å²) in [6, 6.07) is 43.2. The molecular formula is C35H25F3N4O. The Morgan fingerprint density at radius 3 is 1.51 bits per heavy atom. The van der Waals surface area contributed by atoms with Crippen molar-refractivity contribution in [1.29, 1.82) is 0 Å². The van der Waals surface area contributed by atoms with E-state index < -0.39 is 11.9 Å². The minimum Gasteiger partial charge on any atom is -0.454 e. The van der Waals surface area contributed by atoms with Gasteiger partial charge < -0.3 is 4.42 Å². The predicted molar refractivity (Wildman–Crippen MR) is 166 cm³/mol. The Morgan fingerprint density at radius 1 is 0.581 bits per heavy atom. The second-order valence-electron chi connectivity index (χ2n) is 9.56. The van der Waals surface area contributed by atoms with Gasteiger partial charge in [-0.25, -0.2) is 10.0 Å². The first-order valence-corrected chi connectivity index (χ1v) is 13.5. The average Bonchev–Trinajstić information content (AvgIpc) is 3.46. The molecule has 0 radical (unpaired) electrons. The predicted octanol–water partition coefficient (Wildman–Crippen LogP) is 9.71. The number of benzene rings is 5. The van der Waals surface area contributed by atoms with Crippen molar-refractivity contribution in [2.75, 3.05) is 10.0 Å². The summed E-state index contributed by atoms with van der Waals surface area (Å²) < 4.78 is 49.2. The summed E-state index contributed by atoms with van der Waals surface area (Å²) in [6.07, 6.45) is -3.12. The van der Waals surface area contributed by atoms with E-state index in [1.807, 2.05) is 60.7 Å². The van der Waals surface area contributed by atoms with E-state index in [1.165, 1.54) is 11.1 Å². The molecule has 0 aliphatic carbocycles. The Morgan fingerprint density at radius 2 is 1.05 bits per heavy atom. The number of alkyl halides is 3. The Hall–Kier alpha value is -5.63. The number of hydrogen-bond donors (Lipinski definition) is 0. The van der Waals surface area contributed by atoms with E-state index in [2.05, 4.69) is 5.10 Å². The Labute approximate surface area is 246 Å². The molecule has 0 aliphatic heterocycles. The lowest BCUT2D eigenvalue weighted by Crippen LogP contribution is -2.27. The summed E-state index contributed by atoms with van der Waals surface area (Å²) in [5.74, 6) is -0.386. The molecule has 43 heavy (non-hydrogen) atoms. The summed E-state index contributed by atoms with van der Waals surface area (Å²) in [5.41, 5.74) is 2.53. The quantitative estimate of drug-likeness (QED) is 0.134. The molecule has 0 atom stereocenters. The minimum atomic E-state index is -4.79. The highest BCUT2D eigenvalue weighted by Gasteiger charge is 2.40. The van der Waals surface area contributed by atoms with Crippen LogP contribution < -0.4 is 10.0 Å². The van der Waals surface area contributed by atoms with Gasteiger partial charge in [-0.2, -0.15) is 23.4 Å². The monoisotopic (exact) mass is 574 g/mol. The van der Waals surface area contributed by atoms with E-state index in [1.54, 1.807) is 90.1 Å². The molecule has 0 amide bonds. The van der Waals surface area contributed by atoms with Gasteiger partial charge in [-0.15, -0.1) is 0 Å². The number of hydrazone groups is 2. The third-order valence-electron chi connectivity index (χ3n) is 6.57. The highest BCUT2D eigenvalue weighted by molar-refractivity contribution is 6.06.